The van der Waals surface area contributed by atoms with E-state index in [4.69, 9.17) is 15.0 Å². The van der Waals surface area contributed by atoms with Gasteiger partial charge in [-0.2, -0.15) is 4.98 Å². The van der Waals surface area contributed by atoms with E-state index in [9.17, 15) is 9.90 Å². The number of aliphatic hydroxyl groups is 1. The Labute approximate surface area is 221 Å². The molecule has 0 radical (unpaired) electrons. The van der Waals surface area contributed by atoms with Crippen molar-refractivity contribution in [2.45, 2.75) is 51.2 Å². The SMILES string of the molecule is C=CCn1[nH]c2nc(=Nc3ccc(C4CCN(C)CC4)cc3)n(-c3cccc(CC(C)(C)O)n3)cc2c1=O. The van der Waals surface area contributed by atoms with E-state index in [1.165, 1.54) is 10.2 Å². The second-order valence-electron chi connectivity index (χ2n) is 10.7. The molecule has 1 fully saturated rings. The number of allylic oxidation sites excluding steroid dienone is 1. The summed E-state index contributed by atoms with van der Waals surface area (Å²) in [5.41, 5.74) is 2.58. The quantitative estimate of drug-likeness (QED) is 0.369. The van der Waals surface area contributed by atoms with Gasteiger partial charge in [-0.25, -0.2) is 14.7 Å². The highest BCUT2D eigenvalue weighted by Crippen LogP contribution is 2.28. The molecule has 0 atom stereocenters. The van der Waals surface area contributed by atoms with E-state index in [0.717, 1.165) is 37.3 Å². The minimum absolute atomic E-state index is 0.192. The van der Waals surface area contributed by atoms with Crippen LogP contribution in [0, 0.1) is 0 Å². The second-order valence-corrected chi connectivity index (χ2v) is 10.7. The largest absolute Gasteiger partial charge is 0.390 e. The van der Waals surface area contributed by atoms with Gasteiger partial charge >= 0.3 is 0 Å². The van der Waals surface area contributed by atoms with Crippen molar-refractivity contribution in [3.8, 4) is 5.82 Å². The van der Waals surface area contributed by atoms with Crippen LogP contribution in [0.5, 0.6) is 0 Å². The smallest absolute Gasteiger partial charge is 0.277 e. The number of piperidine rings is 1. The number of fused-ring (bicyclic) bond motifs is 1. The van der Waals surface area contributed by atoms with E-state index in [1.54, 1.807) is 30.7 Å². The Morgan fingerprint density at radius 2 is 1.89 bits per heavy atom. The van der Waals surface area contributed by atoms with Crippen LogP contribution in [0.2, 0.25) is 0 Å². The minimum atomic E-state index is -0.903. The molecule has 38 heavy (non-hydrogen) atoms. The van der Waals surface area contributed by atoms with Crippen LogP contribution < -0.4 is 11.2 Å². The summed E-state index contributed by atoms with van der Waals surface area (Å²) < 4.78 is 3.20. The zero-order valence-corrected chi connectivity index (χ0v) is 22.3. The van der Waals surface area contributed by atoms with Crippen LogP contribution in [-0.4, -0.2) is 60.1 Å². The highest BCUT2D eigenvalue weighted by Gasteiger charge is 2.19. The molecule has 4 heterocycles. The first-order valence-electron chi connectivity index (χ1n) is 13.1. The van der Waals surface area contributed by atoms with E-state index in [0.29, 0.717) is 41.4 Å². The van der Waals surface area contributed by atoms with Crippen molar-refractivity contribution < 1.29 is 5.11 Å². The number of benzene rings is 1. The van der Waals surface area contributed by atoms with Crippen LogP contribution in [0.25, 0.3) is 16.9 Å². The lowest BCUT2D eigenvalue weighted by atomic mass is 9.89. The lowest BCUT2D eigenvalue weighted by Gasteiger charge is -2.29. The molecule has 9 heteroatoms. The van der Waals surface area contributed by atoms with Gasteiger partial charge < -0.3 is 10.0 Å². The number of rotatable bonds is 7. The van der Waals surface area contributed by atoms with Crippen molar-refractivity contribution >= 4 is 16.7 Å². The summed E-state index contributed by atoms with van der Waals surface area (Å²) in [5, 5.41) is 13.8. The predicted molar refractivity (Wildman–Crippen MR) is 149 cm³/mol. The zero-order valence-electron chi connectivity index (χ0n) is 22.3. The number of aromatic amines is 1. The maximum absolute atomic E-state index is 13.0. The number of aromatic nitrogens is 5. The summed E-state index contributed by atoms with van der Waals surface area (Å²) in [6.45, 7) is 9.81. The molecule has 0 bridgehead atoms. The highest BCUT2D eigenvalue weighted by atomic mass is 16.3. The van der Waals surface area contributed by atoms with Crippen molar-refractivity contribution in [3.05, 3.63) is 88.5 Å². The molecule has 0 amide bonds. The maximum Gasteiger partial charge on any atom is 0.277 e. The third kappa shape index (κ3) is 5.69. The Bertz CT molecular complexity index is 1560. The van der Waals surface area contributed by atoms with Crippen molar-refractivity contribution in [2.24, 2.45) is 4.99 Å². The molecular formula is C29H35N7O2. The summed E-state index contributed by atoms with van der Waals surface area (Å²) in [7, 11) is 2.17. The summed E-state index contributed by atoms with van der Waals surface area (Å²) in [6.07, 6.45) is 6.09. The van der Waals surface area contributed by atoms with E-state index in [1.807, 2.05) is 30.3 Å². The van der Waals surface area contributed by atoms with Gasteiger partial charge in [0.15, 0.2) is 5.65 Å². The van der Waals surface area contributed by atoms with Crippen molar-refractivity contribution in [2.75, 3.05) is 20.1 Å². The van der Waals surface area contributed by atoms with E-state index in [2.05, 4.69) is 35.8 Å². The fraction of sp³-hybridized carbons (Fsp3) is 0.379. The molecule has 9 nitrogen and oxygen atoms in total. The molecule has 0 aliphatic carbocycles. The maximum atomic E-state index is 13.0. The van der Waals surface area contributed by atoms with Gasteiger partial charge in [-0.15, -0.1) is 6.58 Å². The molecule has 1 aliphatic rings. The van der Waals surface area contributed by atoms with Gasteiger partial charge in [0, 0.05) is 18.3 Å². The van der Waals surface area contributed by atoms with Gasteiger partial charge in [0.2, 0.25) is 5.62 Å². The zero-order chi connectivity index (χ0) is 26.9. The molecule has 198 valence electrons. The van der Waals surface area contributed by atoms with Crippen LogP contribution in [-0.2, 0) is 13.0 Å². The first-order chi connectivity index (χ1) is 18.2. The van der Waals surface area contributed by atoms with Gasteiger partial charge in [-0.3, -0.25) is 14.5 Å². The Hall–Kier alpha value is -3.82. The molecule has 3 aromatic heterocycles. The van der Waals surface area contributed by atoms with Gasteiger partial charge in [0.25, 0.3) is 5.56 Å². The fourth-order valence-electron chi connectivity index (χ4n) is 4.95. The molecule has 1 aromatic carbocycles. The van der Waals surface area contributed by atoms with E-state index >= 15 is 0 Å². The van der Waals surface area contributed by atoms with Gasteiger partial charge in [0.1, 0.15) is 11.2 Å². The number of pyridine rings is 1. The average Bonchev–Trinajstić information content (AvgIpc) is 3.18. The van der Waals surface area contributed by atoms with Crippen molar-refractivity contribution in [1.82, 2.24) is 29.2 Å². The Kier molecular flexibility index (Phi) is 7.14. The minimum Gasteiger partial charge on any atom is -0.390 e. The number of nitrogens with one attached hydrogen (secondary N) is 1. The van der Waals surface area contributed by atoms with Crippen LogP contribution in [0.1, 0.15) is 43.9 Å². The summed E-state index contributed by atoms with van der Waals surface area (Å²) in [6, 6.07) is 14.0. The van der Waals surface area contributed by atoms with Crippen LogP contribution in [0.3, 0.4) is 0 Å². The van der Waals surface area contributed by atoms with E-state index in [-0.39, 0.29) is 5.56 Å². The average molecular weight is 514 g/mol. The molecule has 1 aliphatic heterocycles. The number of hydrogen-bond acceptors (Lipinski definition) is 6. The number of nitrogens with zero attached hydrogens (tertiary/aromatic N) is 6. The molecule has 2 N–H and O–H groups in total. The molecule has 4 aromatic rings. The number of likely N-dealkylation sites (tertiary alicyclic amines) is 1. The highest BCUT2D eigenvalue weighted by molar-refractivity contribution is 5.72. The third-order valence-electron chi connectivity index (χ3n) is 6.93. The Morgan fingerprint density at radius 1 is 1.16 bits per heavy atom. The number of H-pyrrole nitrogens is 1. The van der Waals surface area contributed by atoms with Crippen LogP contribution in [0.15, 0.2) is 71.1 Å². The summed E-state index contributed by atoms with van der Waals surface area (Å²) in [4.78, 5) is 29.7. The monoisotopic (exact) mass is 513 g/mol. The molecule has 5 rings (SSSR count). The van der Waals surface area contributed by atoms with Gasteiger partial charge in [-0.1, -0.05) is 24.3 Å². The predicted octanol–water partition coefficient (Wildman–Crippen LogP) is 3.45. The van der Waals surface area contributed by atoms with Crippen LogP contribution >= 0.6 is 0 Å². The molecule has 0 unspecified atom stereocenters. The molecule has 0 saturated carbocycles. The van der Waals surface area contributed by atoms with Crippen molar-refractivity contribution in [3.63, 3.8) is 0 Å². The van der Waals surface area contributed by atoms with Crippen molar-refractivity contribution in [1.29, 1.82) is 0 Å². The van der Waals surface area contributed by atoms with E-state index < -0.39 is 5.60 Å². The standard InChI is InChI=1S/C29H35N7O2/c1-5-15-36-27(37)24-19-35(25-8-6-7-23(30-25)18-29(2,3)38)28(32-26(24)33-36)31-22-11-9-20(10-12-22)21-13-16-34(4)17-14-21/h5-12,19,21,38H,1,13-18H2,2-4H3,(H,31,32,33). The molecule has 1 saturated heterocycles. The van der Waals surface area contributed by atoms with Crippen LogP contribution in [0.4, 0.5) is 5.69 Å². The van der Waals surface area contributed by atoms with Gasteiger partial charge in [0.05, 0.1) is 17.8 Å². The fourth-order valence-corrected chi connectivity index (χ4v) is 4.95. The third-order valence-corrected chi connectivity index (χ3v) is 6.93. The Balaban J connectivity index is 1.60. The topological polar surface area (TPSA) is 104 Å². The van der Waals surface area contributed by atoms with Gasteiger partial charge in [-0.05, 0) is 82.6 Å². The number of hydrogen-bond donors (Lipinski definition) is 2. The molecular weight excluding hydrogens is 478 g/mol. The first kappa shape index (κ1) is 25.8. The normalized spacial score (nSPS) is 15.8. The lowest BCUT2D eigenvalue weighted by Crippen LogP contribution is -2.29. The summed E-state index contributed by atoms with van der Waals surface area (Å²) in [5.74, 6) is 1.13. The second kappa shape index (κ2) is 10.5. The first-order valence-corrected chi connectivity index (χ1v) is 13.1. The summed E-state index contributed by atoms with van der Waals surface area (Å²) >= 11 is 0. The molecule has 0 spiro atoms. The lowest BCUT2D eigenvalue weighted by molar-refractivity contribution is 0.0799. The Morgan fingerprint density at radius 3 is 2.58 bits per heavy atom.